The summed E-state index contributed by atoms with van der Waals surface area (Å²) in [6.45, 7) is 1.78. The molecule has 1 aliphatic carbocycles. The van der Waals surface area contributed by atoms with E-state index in [2.05, 4.69) is 10.6 Å². The lowest BCUT2D eigenvalue weighted by Crippen LogP contribution is -2.45. The van der Waals surface area contributed by atoms with Gasteiger partial charge in [-0.3, -0.25) is 19.2 Å². The van der Waals surface area contributed by atoms with Gasteiger partial charge in [0.1, 0.15) is 0 Å². The molecular weight excluding hydrogens is 552 g/mol. The summed E-state index contributed by atoms with van der Waals surface area (Å²) in [7, 11) is 1.78. The number of hydrogen-bond acceptors (Lipinski definition) is 4. The third-order valence-corrected chi connectivity index (χ3v) is 8.69. The second-order valence-corrected chi connectivity index (χ2v) is 12.1. The molecule has 0 aromatic heterocycles. The van der Waals surface area contributed by atoms with E-state index in [-0.39, 0.29) is 41.9 Å². The largest absolute Gasteiger partial charge is 0.342 e. The summed E-state index contributed by atoms with van der Waals surface area (Å²) in [6.07, 6.45) is 6.61. The molecule has 44 heavy (non-hydrogen) atoms. The highest BCUT2D eigenvalue weighted by atomic mass is 16.2. The lowest BCUT2D eigenvalue weighted by atomic mass is 9.95. The fourth-order valence-corrected chi connectivity index (χ4v) is 6.21. The standard InChI is InChI=1S/C36H42N4O4/c1-39(21-19-26-10-3-2-4-11-26)35(43)29-15-8-18-32(24-29)37-33(41)23-27-12-7-17-31(22-27)38-34(42)30-16-9-20-40(25-30)36(44)28-13-5-6-14-28/h2-4,7-8,10-12,15,17-18,22,24,28,30H,5-6,9,13-14,16,19-21,23,25H2,1H3,(H,37,41)(H,38,42). The summed E-state index contributed by atoms with van der Waals surface area (Å²) in [5.41, 5.74) is 3.62. The Balaban J connectivity index is 1.12. The van der Waals surface area contributed by atoms with Gasteiger partial charge in [0.15, 0.2) is 0 Å². The minimum Gasteiger partial charge on any atom is -0.342 e. The molecule has 1 heterocycles. The van der Waals surface area contributed by atoms with Crippen molar-refractivity contribution in [1.29, 1.82) is 0 Å². The Morgan fingerprint density at radius 1 is 0.773 bits per heavy atom. The molecular formula is C36H42N4O4. The number of nitrogens with one attached hydrogen (secondary N) is 2. The van der Waals surface area contributed by atoms with E-state index in [0.29, 0.717) is 30.0 Å². The highest BCUT2D eigenvalue weighted by molar-refractivity contribution is 5.98. The summed E-state index contributed by atoms with van der Waals surface area (Å²) >= 11 is 0. The molecule has 2 N–H and O–H groups in total. The van der Waals surface area contributed by atoms with Crippen molar-refractivity contribution in [3.8, 4) is 0 Å². The van der Waals surface area contributed by atoms with E-state index in [0.717, 1.165) is 57.1 Å². The molecule has 0 radical (unpaired) electrons. The van der Waals surface area contributed by atoms with E-state index < -0.39 is 0 Å². The quantitative estimate of drug-likeness (QED) is 0.322. The molecule has 8 nitrogen and oxygen atoms in total. The van der Waals surface area contributed by atoms with Crippen LogP contribution in [0.2, 0.25) is 0 Å². The van der Waals surface area contributed by atoms with E-state index >= 15 is 0 Å². The highest BCUT2D eigenvalue weighted by Crippen LogP contribution is 2.29. The number of piperidine rings is 1. The topological polar surface area (TPSA) is 98.8 Å². The van der Waals surface area contributed by atoms with Crippen molar-refractivity contribution in [2.75, 3.05) is 37.3 Å². The van der Waals surface area contributed by atoms with Crippen LogP contribution in [0, 0.1) is 11.8 Å². The number of hydrogen-bond donors (Lipinski definition) is 2. The third-order valence-electron chi connectivity index (χ3n) is 8.69. The molecule has 1 saturated heterocycles. The van der Waals surface area contributed by atoms with E-state index in [4.69, 9.17) is 0 Å². The van der Waals surface area contributed by atoms with Crippen molar-refractivity contribution in [1.82, 2.24) is 9.80 Å². The molecule has 1 unspecified atom stereocenters. The van der Waals surface area contributed by atoms with Gasteiger partial charge in [-0.05, 0) is 73.6 Å². The third kappa shape index (κ3) is 8.34. The number of carbonyl (C=O) groups is 4. The van der Waals surface area contributed by atoms with Crippen LogP contribution in [0.4, 0.5) is 11.4 Å². The van der Waals surface area contributed by atoms with Crippen molar-refractivity contribution in [2.24, 2.45) is 11.8 Å². The summed E-state index contributed by atoms with van der Waals surface area (Å²) < 4.78 is 0. The van der Waals surface area contributed by atoms with E-state index in [1.54, 1.807) is 36.2 Å². The van der Waals surface area contributed by atoms with Crippen LogP contribution in [0.3, 0.4) is 0 Å². The monoisotopic (exact) mass is 594 g/mol. The molecule has 2 fully saturated rings. The number of amides is 4. The van der Waals surface area contributed by atoms with Crippen LogP contribution in [0.5, 0.6) is 0 Å². The SMILES string of the molecule is CN(CCc1ccccc1)C(=O)c1cccc(NC(=O)Cc2cccc(NC(=O)C3CCCN(C(=O)C4CCCC4)C3)c2)c1. The zero-order valence-corrected chi connectivity index (χ0v) is 25.5. The van der Waals surface area contributed by atoms with Crippen LogP contribution in [0.25, 0.3) is 0 Å². The molecule has 230 valence electrons. The van der Waals surface area contributed by atoms with Gasteiger partial charge in [0.2, 0.25) is 17.7 Å². The zero-order valence-electron chi connectivity index (χ0n) is 25.5. The molecule has 0 bridgehead atoms. The van der Waals surface area contributed by atoms with Gasteiger partial charge >= 0.3 is 0 Å². The van der Waals surface area contributed by atoms with Crippen LogP contribution < -0.4 is 10.6 Å². The fourth-order valence-electron chi connectivity index (χ4n) is 6.21. The van der Waals surface area contributed by atoms with Gasteiger partial charge in [0.25, 0.3) is 5.91 Å². The van der Waals surface area contributed by atoms with Crippen molar-refractivity contribution in [3.63, 3.8) is 0 Å². The maximum atomic E-state index is 13.1. The molecule has 4 amide bonds. The van der Waals surface area contributed by atoms with Gasteiger partial charge in [0, 0.05) is 49.5 Å². The second kappa shape index (κ2) is 14.8. The maximum Gasteiger partial charge on any atom is 0.253 e. The van der Waals surface area contributed by atoms with Crippen LogP contribution in [-0.4, -0.2) is 60.1 Å². The molecule has 5 rings (SSSR count). The van der Waals surface area contributed by atoms with Gasteiger partial charge in [-0.25, -0.2) is 0 Å². The van der Waals surface area contributed by atoms with Crippen LogP contribution in [-0.2, 0) is 27.2 Å². The Bertz CT molecular complexity index is 1470. The van der Waals surface area contributed by atoms with Crippen LogP contribution in [0.1, 0.15) is 60.0 Å². The Morgan fingerprint density at radius 3 is 2.23 bits per heavy atom. The first-order chi connectivity index (χ1) is 21.4. The van der Waals surface area contributed by atoms with Gasteiger partial charge in [0.05, 0.1) is 12.3 Å². The van der Waals surface area contributed by atoms with Crippen LogP contribution in [0.15, 0.2) is 78.9 Å². The molecule has 8 heteroatoms. The average molecular weight is 595 g/mol. The summed E-state index contributed by atoms with van der Waals surface area (Å²) in [4.78, 5) is 55.5. The van der Waals surface area contributed by atoms with Gasteiger partial charge in [-0.2, -0.15) is 0 Å². The highest BCUT2D eigenvalue weighted by Gasteiger charge is 2.33. The van der Waals surface area contributed by atoms with Gasteiger partial charge < -0.3 is 20.4 Å². The minimum atomic E-state index is -0.242. The Kier molecular flexibility index (Phi) is 10.4. The second-order valence-electron chi connectivity index (χ2n) is 12.1. The average Bonchev–Trinajstić information content (AvgIpc) is 3.59. The lowest BCUT2D eigenvalue weighted by molar-refractivity contribution is -0.138. The molecule has 3 aromatic rings. The summed E-state index contributed by atoms with van der Waals surface area (Å²) in [6, 6.07) is 24.3. The number of likely N-dealkylation sites (N-methyl/N-ethyl adjacent to an activating group) is 1. The number of likely N-dealkylation sites (tertiary alicyclic amines) is 1. The number of anilines is 2. The lowest BCUT2D eigenvalue weighted by Gasteiger charge is -2.33. The van der Waals surface area contributed by atoms with Gasteiger partial charge in [-0.15, -0.1) is 0 Å². The van der Waals surface area contributed by atoms with Crippen molar-refractivity contribution in [3.05, 3.63) is 95.6 Å². The summed E-state index contributed by atoms with van der Waals surface area (Å²) in [5.74, 6) is -0.334. The molecule has 1 atom stereocenters. The van der Waals surface area contributed by atoms with E-state index in [1.165, 1.54) is 5.56 Å². The molecule has 1 aliphatic heterocycles. The minimum absolute atomic E-state index is 0.0919. The van der Waals surface area contributed by atoms with Crippen molar-refractivity contribution in [2.45, 2.75) is 51.4 Å². The van der Waals surface area contributed by atoms with E-state index in [1.807, 2.05) is 59.5 Å². The number of carbonyl (C=O) groups excluding carboxylic acids is 4. The van der Waals surface area contributed by atoms with Crippen molar-refractivity contribution >= 4 is 35.0 Å². The van der Waals surface area contributed by atoms with Gasteiger partial charge in [-0.1, -0.05) is 61.4 Å². The van der Waals surface area contributed by atoms with E-state index in [9.17, 15) is 19.2 Å². The van der Waals surface area contributed by atoms with Crippen LogP contribution >= 0.6 is 0 Å². The smallest absolute Gasteiger partial charge is 0.253 e. The Labute approximate surface area is 259 Å². The fraction of sp³-hybridized carbons (Fsp3) is 0.389. The first kappa shape index (κ1) is 31.0. The summed E-state index contributed by atoms with van der Waals surface area (Å²) in [5, 5.41) is 5.90. The number of rotatable bonds is 10. The predicted molar refractivity (Wildman–Crippen MR) is 172 cm³/mol. The Hall–Kier alpha value is -4.46. The molecule has 1 saturated carbocycles. The van der Waals surface area contributed by atoms with Crippen molar-refractivity contribution < 1.29 is 19.2 Å². The molecule has 2 aliphatic rings. The zero-order chi connectivity index (χ0) is 30.9. The normalized spacial score (nSPS) is 16.8. The Morgan fingerprint density at radius 2 is 1.45 bits per heavy atom. The first-order valence-electron chi connectivity index (χ1n) is 15.7. The predicted octanol–water partition coefficient (Wildman–Crippen LogP) is 5.55. The number of benzene rings is 3. The first-order valence-corrected chi connectivity index (χ1v) is 15.7. The number of nitrogens with zero attached hydrogens (tertiary/aromatic N) is 2. The molecule has 0 spiro atoms. The molecule has 3 aromatic carbocycles. The maximum absolute atomic E-state index is 13.1.